The molecule has 29 heavy (non-hydrogen) atoms. The quantitative estimate of drug-likeness (QED) is 0.338. The fourth-order valence-electron chi connectivity index (χ4n) is 2.30. The Labute approximate surface area is 169 Å². The highest BCUT2D eigenvalue weighted by molar-refractivity contribution is 7.99. The van der Waals surface area contributed by atoms with Crippen molar-refractivity contribution in [2.45, 2.75) is 12.1 Å². The minimum atomic E-state index is -1.03. The second-order valence-electron chi connectivity index (χ2n) is 5.85. The number of amides is 2. The van der Waals surface area contributed by atoms with Gasteiger partial charge in [0.25, 0.3) is 5.22 Å². The first-order valence-electron chi connectivity index (χ1n) is 8.38. The van der Waals surface area contributed by atoms with Crippen LogP contribution >= 0.6 is 11.8 Å². The van der Waals surface area contributed by atoms with E-state index in [1.807, 2.05) is 0 Å². The molecular weight excluding hydrogens is 398 g/mol. The Morgan fingerprint density at radius 2 is 1.69 bits per heavy atom. The third kappa shape index (κ3) is 5.86. The van der Waals surface area contributed by atoms with E-state index in [4.69, 9.17) is 9.62 Å². The van der Waals surface area contributed by atoms with Crippen molar-refractivity contribution >= 4 is 40.6 Å². The zero-order chi connectivity index (χ0) is 20.8. The molecule has 10 nitrogen and oxygen atoms in total. The van der Waals surface area contributed by atoms with Crippen molar-refractivity contribution in [1.82, 2.24) is 10.2 Å². The van der Waals surface area contributed by atoms with Crippen molar-refractivity contribution in [2.75, 3.05) is 16.4 Å². The maximum Gasteiger partial charge on any atom is 0.277 e. The van der Waals surface area contributed by atoms with Gasteiger partial charge in [0.05, 0.1) is 5.75 Å². The number of quaternary nitrogens is 1. The summed E-state index contributed by atoms with van der Waals surface area (Å²) in [5.41, 5.74) is 1.97. The highest BCUT2D eigenvalue weighted by Crippen LogP contribution is 2.24. The third-order valence-corrected chi connectivity index (χ3v) is 4.42. The van der Waals surface area contributed by atoms with Crippen LogP contribution in [0.5, 0.6) is 0 Å². The number of hydrogen-bond donors (Lipinski definition) is 4. The Kier molecular flexibility index (Phi) is 6.57. The van der Waals surface area contributed by atoms with Gasteiger partial charge < -0.3 is 20.3 Å². The molecular formula is C18H17N5O5S. The van der Waals surface area contributed by atoms with Gasteiger partial charge in [0.1, 0.15) is 0 Å². The van der Waals surface area contributed by atoms with Crippen molar-refractivity contribution in [2.24, 2.45) is 0 Å². The summed E-state index contributed by atoms with van der Waals surface area (Å²) in [6, 6.07) is 12.8. The summed E-state index contributed by atoms with van der Waals surface area (Å²) >= 11 is 1.08. The van der Waals surface area contributed by atoms with Gasteiger partial charge in [-0.05, 0) is 36.4 Å². The Morgan fingerprint density at radius 1 is 1.07 bits per heavy atom. The number of nitrogens with one attached hydrogen (secondary N) is 3. The van der Waals surface area contributed by atoms with E-state index in [2.05, 4.69) is 20.8 Å². The zero-order valence-electron chi connectivity index (χ0n) is 15.2. The Balaban J connectivity index is 1.53. The van der Waals surface area contributed by atoms with E-state index in [0.717, 1.165) is 11.8 Å². The van der Waals surface area contributed by atoms with E-state index in [-0.39, 0.29) is 28.5 Å². The van der Waals surface area contributed by atoms with E-state index >= 15 is 0 Å². The van der Waals surface area contributed by atoms with E-state index in [1.54, 1.807) is 24.3 Å². The van der Waals surface area contributed by atoms with Gasteiger partial charge in [-0.2, -0.15) is 5.23 Å². The van der Waals surface area contributed by atoms with Crippen LogP contribution in [0.4, 0.5) is 17.1 Å². The first kappa shape index (κ1) is 20.5. The molecule has 0 bridgehead atoms. The van der Waals surface area contributed by atoms with Crippen LogP contribution in [0.2, 0.25) is 0 Å². The molecule has 2 aromatic carbocycles. The fraction of sp³-hybridized carbons (Fsp3) is 0.111. The molecule has 0 aliphatic heterocycles. The maximum absolute atomic E-state index is 12.0. The number of nitrogens with zero attached hydrogens (tertiary/aromatic N) is 2. The lowest BCUT2D eigenvalue weighted by Crippen LogP contribution is -2.99. The van der Waals surface area contributed by atoms with Crippen LogP contribution in [-0.2, 0) is 9.59 Å². The second kappa shape index (κ2) is 9.30. The summed E-state index contributed by atoms with van der Waals surface area (Å²) < 4.78 is 5.54. The summed E-state index contributed by atoms with van der Waals surface area (Å²) in [5.74, 6) is -0.113. The lowest BCUT2D eigenvalue weighted by atomic mass is 10.2. The zero-order valence-corrected chi connectivity index (χ0v) is 16.0. The van der Waals surface area contributed by atoms with Gasteiger partial charge in [-0.25, -0.2) is 5.21 Å². The van der Waals surface area contributed by atoms with Gasteiger partial charge in [-0.3, -0.25) is 9.59 Å². The average Bonchev–Trinajstić information content (AvgIpc) is 3.16. The molecule has 4 N–H and O–H groups in total. The molecule has 0 spiro atoms. The first-order valence-corrected chi connectivity index (χ1v) is 9.37. The number of aromatic nitrogens is 2. The number of rotatable bonds is 7. The smallest absolute Gasteiger partial charge is 0.277 e. The Bertz CT molecular complexity index is 989. The molecule has 1 aromatic heterocycles. The normalized spacial score (nSPS) is 11.7. The van der Waals surface area contributed by atoms with Gasteiger partial charge >= 0.3 is 0 Å². The predicted molar refractivity (Wildman–Crippen MR) is 106 cm³/mol. The third-order valence-electron chi connectivity index (χ3n) is 3.60. The molecule has 0 radical (unpaired) electrons. The van der Waals surface area contributed by atoms with Crippen LogP contribution < -0.4 is 15.9 Å². The van der Waals surface area contributed by atoms with E-state index in [1.165, 1.54) is 31.2 Å². The molecule has 1 atom stereocenters. The lowest BCUT2D eigenvalue weighted by Gasteiger charge is -2.11. The highest BCUT2D eigenvalue weighted by Gasteiger charge is 2.12. The molecule has 1 unspecified atom stereocenters. The van der Waals surface area contributed by atoms with E-state index < -0.39 is 5.23 Å². The summed E-state index contributed by atoms with van der Waals surface area (Å²) in [6.45, 7) is 1.43. The summed E-state index contributed by atoms with van der Waals surface area (Å²) in [4.78, 5) is 23.1. The topological polar surface area (TPSA) is 145 Å². The predicted octanol–water partition coefficient (Wildman–Crippen LogP) is 1.83. The van der Waals surface area contributed by atoms with Crippen LogP contribution in [0.1, 0.15) is 6.92 Å². The van der Waals surface area contributed by atoms with Crippen molar-refractivity contribution in [3.8, 4) is 11.5 Å². The number of anilines is 2. The lowest BCUT2D eigenvalue weighted by molar-refractivity contribution is -0.991. The highest BCUT2D eigenvalue weighted by atomic mass is 32.2. The van der Waals surface area contributed by atoms with Crippen LogP contribution in [0, 0.1) is 5.21 Å². The Hall–Kier alpha value is -3.25. The van der Waals surface area contributed by atoms with E-state index in [0.29, 0.717) is 22.8 Å². The summed E-state index contributed by atoms with van der Waals surface area (Å²) in [5, 5.41) is 32.1. The van der Waals surface area contributed by atoms with Crippen molar-refractivity contribution in [1.29, 1.82) is 0 Å². The van der Waals surface area contributed by atoms with Crippen molar-refractivity contribution < 1.29 is 24.4 Å². The molecule has 0 aliphatic rings. The SMILES string of the molecule is CC(=O)Nc1ccc(-c2nnc(SCC(=O)Nc3ccc([NH+]([O-])O)cc3)o2)cc1. The van der Waals surface area contributed by atoms with Gasteiger partial charge in [-0.1, -0.05) is 11.8 Å². The first-order chi connectivity index (χ1) is 13.9. The maximum atomic E-state index is 12.0. The molecule has 3 rings (SSSR count). The molecule has 0 saturated heterocycles. The molecule has 0 fully saturated rings. The van der Waals surface area contributed by atoms with Gasteiger partial charge in [0, 0.05) is 36.0 Å². The van der Waals surface area contributed by atoms with Crippen LogP contribution in [0.15, 0.2) is 58.2 Å². The van der Waals surface area contributed by atoms with Crippen LogP contribution in [0.3, 0.4) is 0 Å². The summed E-state index contributed by atoms with van der Waals surface area (Å²) in [6.07, 6.45) is 0. The van der Waals surface area contributed by atoms with E-state index in [9.17, 15) is 14.8 Å². The number of carbonyl (C=O) groups is 2. The van der Waals surface area contributed by atoms with Gasteiger partial charge in [0.15, 0.2) is 5.69 Å². The van der Waals surface area contributed by atoms with Gasteiger partial charge in [0.2, 0.25) is 17.7 Å². The molecule has 3 aromatic rings. The van der Waals surface area contributed by atoms with Crippen molar-refractivity contribution in [3.05, 3.63) is 53.7 Å². The standard InChI is InChI=1S/C18H17N5O5S/c1-11(24)19-13-4-2-12(3-5-13)17-21-22-18(28-17)29-10-16(25)20-14-6-8-15(9-7-14)23(26)27/h2-9,23,26H,10H2,1H3,(H,19,24)(H,20,25). The fourth-order valence-corrected chi connectivity index (χ4v) is 2.87. The molecule has 0 saturated carbocycles. The minimum Gasteiger partial charge on any atom is -0.595 e. The summed E-state index contributed by atoms with van der Waals surface area (Å²) in [7, 11) is 0. The molecule has 150 valence electrons. The Morgan fingerprint density at radius 3 is 2.31 bits per heavy atom. The molecule has 0 aliphatic carbocycles. The average molecular weight is 415 g/mol. The van der Waals surface area contributed by atoms with Crippen LogP contribution in [-0.4, -0.2) is 33.0 Å². The van der Waals surface area contributed by atoms with Crippen LogP contribution in [0.25, 0.3) is 11.5 Å². The second-order valence-corrected chi connectivity index (χ2v) is 6.78. The number of benzene rings is 2. The molecule has 1 heterocycles. The van der Waals surface area contributed by atoms with Crippen molar-refractivity contribution in [3.63, 3.8) is 0 Å². The largest absolute Gasteiger partial charge is 0.595 e. The monoisotopic (exact) mass is 415 g/mol. The number of carbonyl (C=O) groups excluding carboxylic acids is 2. The van der Waals surface area contributed by atoms with Gasteiger partial charge in [-0.15, -0.1) is 10.2 Å². The molecule has 2 amide bonds. The number of hydrogen-bond acceptors (Lipinski definition) is 8. The molecule has 11 heteroatoms. The number of thioether (sulfide) groups is 1. The minimum absolute atomic E-state index is 0.0454.